The van der Waals surface area contributed by atoms with Crippen LogP contribution in [0.4, 0.5) is 11.6 Å². The van der Waals surface area contributed by atoms with Crippen molar-refractivity contribution < 1.29 is 43.2 Å². The van der Waals surface area contributed by atoms with Gasteiger partial charge in [-0.1, -0.05) is 71.2 Å². The van der Waals surface area contributed by atoms with Crippen molar-refractivity contribution in [1.29, 1.82) is 0 Å². The maximum Gasteiger partial charge on any atom is 0.339 e. The molecule has 2 N–H and O–H groups in total. The number of fused-ring (bicyclic) bond motifs is 3. The first-order chi connectivity index (χ1) is 59.2. The Morgan fingerprint density at radius 3 is 1.01 bits per heavy atom. The molecule has 3 atom stereocenters. The zero-order valence-corrected chi connectivity index (χ0v) is 83.6. The van der Waals surface area contributed by atoms with Gasteiger partial charge in [0.15, 0.2) is 48.4 Å². The number of carbonyl (C=O) groups excluding carboxylic acids is 2. The van der Waals surface area contributed by atoms with Gasteiger partial charge in [0.2, 0.25) is 0 Å². The Hall–Kier alpha value is -7.04. The molecule has 3 aliphatic rings. The normalized spacial score (nSPS) is 15.4. The highest BCUT2D eigenvalue weighted by Gasteiger charge is 2.38. The van der Waals surface area contributed by atoms with Gasteiger partial charge in [0.1, 0.15) is 16.2 Å². The molecule has 3 aliphatic heterocycles. The molecule has 0 saturated carbocycles. The number of anilines is 2. The summed E-state index contributed by atoms with van der Waals surface area (Å²) in [5.74, 6) is 0.149. The number of piperazine rings is 3. The number of aryl methyl sites for hydroxylation is 3. The summed E-state index contributed by atoms with van der Waals surface area (Å²) >= 11 is 31.6. The van der Waals surface area contributed by atoms with E-state index in [-0.39, 0.29) is 13.2 Å². The van der Waals surface area contributed by atoms with Crippen LogP contribution in [-0.4, -0.2) is 194 Å². The summed E-state index contributed by atoms with van der Waals surface area (Å²) in [5, 5.41) is 26.8. The first kappa shape index (κ1) is 97.0. The molecule has 31 heteroatoms. The zero-order valence-electron chi connectivity index (χ0n) is 74.8. The van der Waals surface area contributed by atoms with E-state index in [0.29, 0.717) is 32.7 Å². The summed E-state index contributed by atoms with van der Waals surface area (Å²) in [6.45, 7) is 53.5. The highest BCUT2D eigenvalue weighted by atomic mass is 79.9. The first-order valence-electron chi connectivity index (χ1n) is 42.4. The lowest BCUT2D eigenvalue weighted by Gasteiger charge is -2.37. The molecule has 21 nitrogen and oxygen atoms in total. The third-order valence-electron chi connectivity index (χ3n) is 21.2. The van der Waals surface area contributed by atoms with Crippen LogP contribution in [0.15, 0.2) is 112 Å². The van der Waals surface area contributed by atoms with Crippen LogP contribution in [0.25, 0.3) is 94.1 Å². The zero-order chi connectivity index (χ0) is 90.3. The van der Waals surface area contributed by atoms with Gasteiger partial charge in [0, 0.05) is 161 Å². The molecule has 6 aromatic heterocycles. The predicted octanol–water partition coefficient (Wildman–Crippen LogP) is 24.0. The van der Waals surface area contributed by atoms with Crippen LogP contribution < -0.4 is 15.1 Å². The van der Waals surface area contributed by atoms with Gasteiger partial charge in [0.25, 0.3) is 0 Å². The molecule has 668 valence electrons. The number of thiazole rings is 6. The van der Waals surface area contributed by atoms with Crippen LogP contribution >= 0.6 is 119 Å². The Bertz CT molecular complexity index is 5690. The van der Waals surface area contributed by atoms with Gasteiger partial charge in [-0.05, 0) is 242 Å². The minimum absolute atomic E-state index is 0.268. The van der Waals surface area contributed by atoms with Gasteiger partial charge < -0.3 is 43.9 Å². The SMILES string of the molecule is CC(C)N1CCNCC1.CCOC(=O)[C@@H](OC(C)(C)C)c1c(C)cc2nc(-c3nc(Br)cs3)sc2c1-c1ccc(Cl)cc1.CCOC(=O)[C@@H](OC(C)(C)C)c1c(C)cc2nc(-c3nc(N4CCN(C(C)C)CC4)cs3)sc2c1-c1ccc(Cl)cc1.Cc1cc2nc(-c3nc(N4CCN(C(C)C)CC4)cs3)sc2c(-c2ccc(Cl)cc2)c1[C@H](OC(C)(C)C)C(=O)O. The molecular formula is C94H114BrCl3N12O9S6. The molecule has 125 heavy (non-hydrogen) atoms. The second kappa shape index (κ2) is 42.2. The van der Waals surface area contributed by atoms with Gasteiger partial charge in [-0.25, -0.2) is 44.3 Å². The van der Waals surface area contributed by atoms with E-state index in [9.17, 15) is 19.5 Å². The molecule has 3 saturated heterocycles. The highest BCUT2D eigenvalue weighted by Crippen LogP contribution is 2.50. The number of aromatic nitrogens is 6. The number of carboxylic acids is 1. The molecule has 3 fully saturated rings. The first-order valence-corrected chi connectivity index (χ1v) is 49.4. The van der Waals surface area contributed by atoms with E-state index in [0.717, 1.165) is 210 Å². The summed E-state index contributed by atoms with van der Waals surface area (Å²) in [7, 11) is 0. The minimum atomic E-state index is -1.14. The number of nitrogens with one attached hydrogen (secondary N) is 1. The van der Waals surface area contributed by atoms with E-state index < -0.39 is 53.0 Å². The van der Waals surface area contributed by atoms with Crippen molar-refractivity contribution in [3.05, 3.63) is 160 Å². The smallest absolute Gasteiger partial charge is 0.339 e. The van der Waals surface area contributed by atoms with Crippen LogP contribution in [0.3, 0.4) is 0 Å². The minimum Gasteiger partial charge on any atom is -0.479 e. The summed E-state index contributed by atoms with van der Waals surface area (Å²) in [6.07, 6.45) is -2.94. The molecule has 0 radical (unpaired) electrons. The van der Waals surface area contributed by atoms with Crippen LogP contribution in [-0.2, 0) is 38.1 Å². The number of carboxylic acid groups (broad SMARTS) is 1. The molecule has 6 aromatic carbocycles. The highest BCUT2D eigenvalue weighted by molar-refractivity contribution is 9.10. The summed E-state index contributed by atoms with van der Waals surface area (Å²) in [5.41, 5.74) is 10.9. The molecule has 0 amide bonds. The number of aliphatic carboxylic acids is 1. The Labute approximate surface area is 782 Å². The standard InChI is InChI=1S/C32H39ClN4O3S2.C30H35ClN4O3S2.C25H24BrClN2O3S2.C7H16N2/c1-8-39-31(38)27(40-32(5,6)7)25-20(4)17-23-28(26(25)21-9-11-22(33)12-10-21)42-30(34-23)29-35-24(18-41-29)37-15-13-36(14-16-37)19(2)3;1-17(2)34-11-13-35(14-12-34)22-16-39-27(33-22)28-32-21-15-18(3)23(25(29(36)37)38-30(4,5)6)24(26(21)40-28)19-7-9-20(31)10-8-19;1-6-31-24(30)20(32-25(3,4)5)18-13(2)11-16-21(19(18)14-7-9-15(27)10-8-14)34-23(28-16)22-29-17(26)12-33-22;1-7(2)9-5-3-8-4-6-9/h9-12,17-19,27H,8,13-16H2,1-7H3;7-10,15-17,25H,11-14H2,1-6H3,(H,36,37);7-12,20H,6H2,1-5H3;7-8H,3-6H2,1-2H3/t27-;25-;20-;/m000./s1. The molecule has 12 aromatic rings. The Balaban J connectivity index is 0.000000163. The molecular weight excluding hydrogens is 1820 g/mol. The van der Waals surface area contributed by atoms with Crippen LogP contribution in [0.2, 0.25) is 15.1 Å². The number of nitrogens with zero attached hydrogens (tertiary/aromatic N) is 11. The topological polar surface area (TPSA) is 223 Å². The lowest BCUT2D eigenvalue weighted by molar-refractivity contribution is -0.167. The van der Waals surface area contributed by atoms with Gasteiger partial charge in [-0.2, -0.15) is 0 Å². The van der Waals surface area contributed by atoms with Crippen molar-refractivity contribution in [2.75, 3.05) is 102 Å². The van der Waals surface area contributed by atoms with Gasteiger partial charge in [-0.15, -0.1) is 68.0 Å². The van der Waals surface area contributed by atoms with E-state index in [1.807, 2.05) is 186 Å². The van der Waals surface area contributed by atoms with Gasteiger partial charge >= 0.3 is 17.9 Å². The van der Waals surface area contributed by atoms with Crippen LogP contribution in [0.1, 0.15) is 169 Å². The Morgan fingerprint density at radius 1 is 0.432 bits per heavy atom. The number of hydrogen-bond donors (Lipinski definition) is 2. The van der Waals surface area contributed by atoms with E-state index >= 15 is 0 Å². The van der Waals surface area contributed by atoms with Crippen molar-refractivity contribution in [1.82, 2.24) is 49.9 Å². The van der Waals surface area contributed by atoms with E-state index in [1.54, 1.807) is 52.3 Å². The third kappa shape index (κ3) is 24.5. The Morgan fingerprint density at radius 2 is 0.728 bits per heavy atom. The molecule has 0 unspecified atom stereocenters. The second-order valence-electron chi connectivity index (χ2n) is 34.9. The Kier molecular flexibility index (Phi) is 32.8. The number of benzene rings is 6. The molecule has 0 spiro atoms. The van der Waals surface area contributed by atoms with Crippen molar-refractivity contribution >= 4 is 179 Å². The van der Waals surface area contributed by atoms with Crippen LogP contribution in [0, 0.1) is 20.8 Å². The number of ether oxygens (including phenoxy) is 5. The van der Waals surface area contributed by atoms with E-state index in [4.69, 9.17) is 83.4 Å². The average molecular weight is 1930 g/mol. The number of rotatable bonds is 22. The maximum atomic E-state index is 13.4. The van der Waals surface area contributed by atoms with Gasteiger partial charge in [0.05, 0.1) is 60.7 Å². The largest absolute Gasteiger partial charge is 0.479 e. The number of esters is 2. The van der Waals surface area contributed by atoms with Crippen molar-refractivity contribution in [2.24, 2.45) is 0 Å². The van der Waals surface area contributed by atoms with Crippen LogP contribution in [0.5, 0.6) is 0 Å². The number of hydrogen-bond acceptors (Lipinski definition) is 26. The van der Waals surface area contributed by atoms with E-state index in [1.165, 1.54) is 35.8 Å². The summed E-state index contributed by atoms with van der Waals surface area (Å²) < 4.78 is 33.4. The fourth-order valence-electron chi connectivity index (χ4n) is 15.3. The maximum absolute atomic E-state index is 13.4. The predicted molar refractivity (Wildman–Crippen MR) is 524 cm³/mol. The molecule has 0 bridgehead atoms. The molecule has 15 rings (SSSR count). The van der Waals surface area contributed by atoms with Crippen molar-refractivity contribution in [3.63, 3.8) is 0 Å². The van der Waals surface area contributed by atoms with Gasteiger partial charge in [-0.3, -0.25) is 14.7 Å². The van der Waals surface area contributed by atoms with Crippen molar-refractivity contribution in [3.8, 4) is 63.4 Å². The monoisotopic (exact) mass is 1930 g/mol. The quantitative estimate of drug-likeness (QED) is 0.0602. The third-order valence-corrected chi connectivity index (χ3v) is 28.9. The lowest BCUT2D eigenvalue weighted by atomic mass is 9.91. The second-order valence-corrected chi connectivity index (χ2v) is 42.5. The molecule has 9 heterocycles. The fraction of sp³-hybridized carbons (Fsp3) is 0.457. The number of halogens is 4. The molecule has 0 aliphatic carbocycles. The number of carbonyl (C=O) groups is 3. The lowest BCUT2D eigenvalue weighted by Crippen LogP contribution is -2.49. The van der Waals surface area contributed by atoms with Crippen molar-refractivity contribution in [2.45, 2.75) is 192 Å². The summed E-state index contributed by atoms with van der Waals surface area (Å²) in [6, 6.07) is 30.7. The fourth-order valence-corrected chi connectivity index (χ4v) is 22.1. The average Bonchev–Trinajstić information content (AvgIpc) is 1.67. The summed E-state index contributed by atoms with van der Waals surface area (Å²) in [4.78, 5) is 80.8. The van der Waals surface area contributed by atoms with E-state index in [2.05, 4.69) is 103 Å².